The molecule has 0 bridgehead atoms. The van der Waals surface area contributed by atoms with Crippen LogP contribution in [-0.4, -0.2) is 32.5 Å². The maximum Gasteiger partial charge on any atom is 0.240 e. The summed E-state index contributed by atoms with van der Waals surface area (Å²) in [7, 11) is -3.43. The predicted molar refractivity (Wildman–Crippen MR) is 89.1 cm³/mol. The molecule has 1 fully saturated rings. The Balaban J connectivity index is 2.10. The molecule has 21 heavy (non-hydrogen) atoms. The fourth-order valence-corrected chi connectivity index (χ4v) is 5.12. The van der Waals surface area contributed by atoms with Gasteiger partial charge < -0.3 is 5.73 Å². The average Bonchev–Trinajstić information content (AvgIpc) is 2.48. The molecule has 1 aliphatic carbocycles. The molecule has 1 aromatic carbocycles. The van der Waals surface area contributed by atoms with Gasteiger partial charge in [-0.3, -0.25) is 0 Å². The van der Waals surface area contributed by atoms with Crippen LogP contribution >= 0.6 is 11.8 Å². The van der Waals surface area contributed by atoms with E-state index in [4.69, 9.17) is 5.73 Å². The van der Waals surface area contributed by atoms with Crippen LogP contribution < -0.4 is 10.5 Å². The van der Waals surface area contributed by atoms with E-state index in [1.54, 1.807) is 23.9 Å². The van der Waals surface area contributed by atoms with Crippen LogP contribution in [0.25, 0.3) is 0 Å². The van der Waals surface area contributed by atoms with Crippen molar-refractivity contribution in [3.63, 3.8) is 0 Å². The smallest absolute Gasteiger partial charge is 0.240 e. The quantitative estimate of drug-likeness (QED) is 0.839. The van der Waals surface area contributed by atoms with Gasteiger partial charge in [-0.15, -0.1) is 0 Å². The molecule has 0 saturated heterocycles. The highest BCUT2D eigenvalue weighted by atomic mass is 32.2. The van der Waals surface area contributed by atoms with Gasteiger partial charge in [-0.1, -0.05) is 25.0 Å². The van der Waals surface area contributed by atoms with E-state index >= 15 is 0 Å². The zero-order valence-electron chi connectivity index (χ0n) is 12.4. The van der Waals surface area contributed by atoms with Gasteiger partial charge in [0.05, 0.1) is 4.90 Å². The van der Waals surface area contributed by atoms with E-state index in [2.05, 4.69) is 11.0 Å². The van der Waals surface area contributed by atoms with Crippen molar-refractivity contribution in [1.29, 1.82) is 0 Å². The third-order valence-electron chi connectivity index (χ3n) is 3.98. The highest BCUT2D eigenvalue weighted by Crippen LogP contribution is 2.28. The Morgan fingerprint density at radius 2 is 1.90 bits per heavy atom. The van der Waals surface area contributed by atoms with Crippen molar-refractivity contribution < 1.29 is 8.42 Å². The van der Waals surface area contributed by atoms with Crippen LogP contribution in [0.2, 0.25) is 0 Å². The second-order valence-corrected chi connectivity index (χ2v) is 8.26. The molecule has 2 rings (SSSR count). The number of benzene rings is 1. The number of sulfonamides is 1. The normalized spacial score (nSPS) is 23.1. The predicted octanol–water partition coefficient (Wildman–Crippen LogP) is 2.14. The molecule has 0 radical (unpaired) electrons. The number of hydrogen-bond acceptors (Lipinski definition) is 4. The molecule has 118 valence electrons. The van der Waals surface area contributed by atoms with Gasteiger partial charge in [0.15, 0.2) is 0 Å². The lowest BCUT2D eigenvalue weighted by atomic mass is 9.96. The van der Waals surface area contributed by atoms with E-state index in [1.807, 2.05) is 12.1 Å². The molecular weight excluding hydrogens is 304 g/mol. The van der Waals surface area contributed by atoms with Crippen molar-refractivity contribution in [2.75, 3.05) is 12.8 Å². The van der Waals surface area contributed by atoms with Crippen molar-refractivity contribution >= 4 is 21.8 Å². The Morgan fingerprint density at radius 3 is 2.52 bits per heavy atom. The van der Waals surface area contributed by atoms with Crippen molar-refractivity contribution in [2.45, 2.75) is 48.3 Å². The zero-order chi connectivity index (χ0) is 15.3. The van der Waals surface area contributed by atoms with E-state index in [1.165, 1.54) is 6.42 Å². The van der Waals surface area contributed by atoms with Gasteiger partial charge in [0, 0.05) is 11.3 Å². The van der Waals surface area contributed by atoms with E-state index < -0.39 is 10.0 Å². The van der Waals surface area contributed by atoms with E-state index in [9.17, 15) is 8.42 Å². The fourth-order valence-electron chi connectivity index (χ4n) is 2.78. The molecule has 0 aromatic heterocycles. The molecule has 0 heterocycles. The molecule has 3 N–H and O–H groups in total. The summed E-state index contributed by atoms with van der Waals surface area (Å²) in [6, 6.07) is 7.07. The Hall–Kier alpha value is -0.560. The zero-order valence-corrected chi connectivity index (χ0v) is 14.1. The van der Waals surface area contributed by atoms with E-state index in [0.29, 0.717) is 16.7 Å². The van der Waals surface area contributed by atoms with Gasteiger partial charge >= 0.3 is 0 Å². The Labute approximate surface area is 131 Å². The average molecular weight is 329 g/mol. The Kier molecular flexibility index (Phi) is 6.10. The molecule has 1 aromatic rings. The highest BCUT2D eigenvalue weighted by Gasteiger charge is 2.28. The summed E-state index contributed by atoms with van der Waals surface area (Å²) in [5.74, 6) is 0. The third kappa shape index (κ3) is 4.45. The van der Waals surface area contributed by atoms with Crippen LogP contribution in [0.1, 0.15) is 31.2 Å². The van der Waals surface area contributed by atoms with Gasteiger partial charge in [-0.2, -0.15) is 11.8 Å². The summed E-state index contributed by atoms with van der Waals surface area (Å²) in [6.45, 7) is 0.571. The highest BCUT2D eigenvalue weighted by molar-refractivity contribution is 7.99. The third-order valence-corrected chi connectivity index (χ3v) is 6.65. The minimum atomic E-state index is -3.43. The van der Waals surface area contributed by atoms with Gasteiger partial charge in [0.1, 0.15) is 0 Å². The number of nitrogens with one attached hydrogen (secondary N) is 1. The lowest BCUT2D eigenvalue weighted by Crippen LogP contribution is -2.43. The van der Waals surface area contributed by atoms with Crippen molar-refractivity contribution in [1.82, 2.24) is 4.72 Å². The molecule has 0 aliphatic heterocycles. The number of rotatable bonds is 6. The van der Waals surface area contributed by atoms with Gasteiger partial charge in [0.25, 0.3) is 0 Å². The van der Waals surface area contributed by atoms with Gasteiger partial charge in [0.2, 0.25) is 10.0 Å². The molecule has 2 unspecified atom stereocenters. The first-order valence-corrected chi connectivity index (χ1v) is 10.2. The van der Waals surface area contributed by atoms with Crippen LogP contribution in [0.4, 0.5) is 0 Å². The molecule has 1 aliphatic rings. The fraction of sp³-hybridized carbons (Fsp3) is 0.600. The standard InChI is InChI=1S/C15H24N2O2S2/c1-20-15-5-3-2-4-14(15)17-21(18,19)13-8-6-12(7-9-13)10-11-16/h6-9,14-15,17H,2-5,10-11,16H2,1H3. The van der Waals surface area contributed by atoms with Crippen LogP contribution in [0.5, 0.6) is 0 Å². The largest absolute Gasteiger partial charge is 0.330 e. The monoisotopic (exact) mass is 328 g/mol. The SMILES string of the molecule is CSC1CCCCC1NS(=O)(=O)c1ccc(CCN)cc1. The summed E-state index contributed by atoms with van der Waals surface area (Å²) < 4.78 is 27.9. The van der Waals surface area contributed by atoms with Crippen LogP contribution in [-0.2, 0) is 16.4 Å². The number of hydrogen-bond donors (Lipinski definition) is 2. The molecule has 4 nitrogen and oxygen atoms in total. The van der Waals surface area contributed by atoms with Gasteiger partial charge in [-0.25, -0.2) is 13.1 Å². The molecule has 6 heteroatoms. The Morgan fingerprint density at radius 1 is 1.24 bits per heavy atom. The first-order valence-electron chi connectivity index (χ1n) is 7.41. The lowest BCUT2D eigenvalue weighted by molar-refractivity contribution is 0.423. The first-order chi connectivity index (χ1) is 10.1. The van der Waals surface area contributed by atoms with E-state index in [0.717, 1.165) is 31.2 Å². The number of nitrogens with two attached hydrogens (primary N) is 1. The second-order valence-electron chi connectivity index (χ2n) is 5.47. The minimum absolute atomic E-state index is 0.0440. The molecule has 0 amide bonds. The minimum Gasteiger partial charge on any atom is -0.330 e. The maximum absolute atomic E-state index is 12.5. The second kappa shape index (κ2) is 7.63. The molecule has 1 saturated carbocycles. The van der Waals surface area contributed by atoms with E-state index in [-0.39, 0.29) is 6.04 Å². The van der Waals surface area contributed by atoms with Crippen LogP contribution in [0.3, 0.4) is 0 Å². The summed E-state index contributed by atoms with van der Waals surface area (Å²) in [5.41, 5.74) is 6.57. The van der Waals surface area contributed by atoms with Crippen LogP contribution in [0, 0.1) is 0 Å². The molecular formula is C15H24N2O2S2. The topological polar surface area (TPSA) is 72.2 Å². The van der Waals surface area contributed by atoms with Crippen molar-refractivity contribution in [3.8, 4) is 0 Å². The maximum atomic E-state index is 12.5. The lowest BCUT2D eigenvalue weighted by Gasteiger charge is -2.30. The van der Waals surface area contributed by atoms with Crippen molar-refractivity contribution in [3.05, 3.63) is 29.8 Å². The Bertz CT molecular complexity index is 543. The summed E-state index contributed by atoms with van der Waals surface area (Å²) >= 11 is 1.76. The molecule has 0 spiro atoms. The van der Waals surface area contributed by atoms with Crippen molar-refractivity contribution in [2.24, 2.45) is 5.73 Å². The summed E-state index contributed by atoms with van der Waals surface area (Å²) in [5, 5.41) is 0.380. The first kappa shape index (κ1) is 16.8. The van der Waals surface area contributed by atoms with Gasteiger partial charge in [-0.05, 0) is 49.8 Å². The summed E-state index contributed by atoms with van der Waals surface area (Å²) in [4.78, 5) is 0.341. The van der Waals surface area contributed by atoms with Crippen LogP contribution in [0.15, 0.2) is 29.2 Å². The molecule has 2 atom stereocenters. The summed E-state index contributed by atoms with van der Waals surface area (Å²) in [6.07, 6.45) is 7.13. The number of thioether (sulfide) groups is 1.